The Balaban J connectivity index is 1.90. The fourth-order valence-corrected chi connectivity index (χ4v) is 2.23. The van der Waals surface area contributed by atoms with E-state index < -0.39 is 17.8 Å². The number of aromatic amines is 1. The number of rotatable bonds is 3. The molecule has 1 aromatic carbocycles. The number of amides is 1. The van der Waals surface area contributed by atoms with E-state index in [-0.39, 0.29) is 22.6 Å². The van der Waals surface area contributed by atoms with Gasteiger partial charge in [-0.1, -0.05) is 18.2 Å². The molecule has 3 rings (SSSR count). The molecule has 0 aliphatic rings. The van der Waals surface area contributed by atoms with Gasteiger partial charge >= 0.3 is 6.18 Å². The number of nitrogens with zero attached hydrogens (tertiary/aromatic N) is 3. The van der Waals surface area contributed by atoms with Crippen molar-refractivity contribution in [1.29, 1.82) is 0 Å². The smallest absolute Gasteiger partial charge is 0.321 e. The highest BCUT2D eigenvalue weighted by Crippen LogP contribution is 2.33. The van der Waals surface area contributed by atoms with Gasteiger partial charge in [-0.2, -0.15) is 18.3 Å². The number of alkyl halides is 3. The molecule has 128 valence electrons. The Morgan fingerprint density at radius 3 is 2.52 bits per heavy atom. The van der Waals surface area contributed by atoms with Gasteiger partial charge in [0.1, 0.15) is 22.8 Å². The Labute approximate surface area is 140 Å². The number of para-hydroxylation sites is 1. The number of carbonyl (C=O) groups excluding carboxylic acids is 1. The van der Waals surface area contributed by atoms with Crippen LogP contribution in [0.4, 0.5) is 18.9 Å². The lowest BCUT2D eigenvalue weighted by Gasteiger charge is -2.06. The third kappa shape index (κ3) is 3.49. The topological polar surface area (TPSA) is 83.6 Å². The number of aromatic nitrogens is 4. The SMILES string of the molecule is Cc1c(-c2cncc(C(=O)Nc3ccccc3)n2)n[nH]c1C(F)(F)F. The van der Waals surface area contributed by atoms with Crippen LogP contribution in [0.2, 0.25) is 0 Å². The summed E-state index contributed by atoms with van der Waals surface area (Å²) in [5, 5.41) is 8.25. The van der Waals surface area contributed by atoms with Crippen molar-refractivity contribution in [3.63, 3.8) is 0 Å². The number of H-pyrrole nitrogens is 1. The van der Waals surface area contributed by atoms with Crippen molar-refractivity contribution in [1.82, 2.24) is 20.2 Å². The molecule has 0 spiro atoms. The Morgan fingerprint density at radius 2 is 1.88 bits per heavy atom. The summed E-state index contributed by atoms with van der Waals surface area (Å²) in [5.74, 6) is -0.523. The van der Waals surface area contributed by atoms with Crippen molar-refractivity contribution in [3.8, 4) is 11.4 Å². The summed E-state index contributed by atoms with van der Waals surface area (Å²) in [6, 6.07) is 8.70. The molecule has 0 unspecified atom stereocenters. The quantitative estimate of drug-likeness (QED) is 0.760. The number of hydrogen-bond donors (Lipinski definition) is 2. The Hall–Kier alpha value is -3.23. The second-order valence-corrected chi connectivity index (χ2v) is 5.18. The van der Waals surface area contributed by atoms with Crippen molar-refractivity contribution < 1.29 is 18.0 Å². The maximum Gasteiger partial charge on any atom is 0.433 e. The average molecular weight is 347 g/mol. The zero-order valence-corrected chi connectivity index (χ0v) is 12.9. The summed E-state index contributed by atoms with van der Waals surface area (Å²) in [6.07, 6.45) is -2.07. The van der Waals surface area contributed by atoms with Crippen LogP contribution in [0.25, 0.3) is 11.4 Å². The van der Waals surface area contributed by atoms with E-state index in [1.54, 1.807) is 30.3 Å². The van der Waals surface area contributed by atoms with Crippen molar-refractivity contribution in [2.45, 2.75) is 13.1 Å². The van der Waals surface area contributed by atoms with Crippen molar-refractivity contribution in [2.24, 2.45) is 0 Å². The first-order chi connectivity index (χ1) is 11.9. The van der Waals surface area contributed by atoms with E-state index >= 15 is 0 Å². The minimum absolute atomic E-state index is 0.00538. The first kappa shape index (κ1) is 16.6. The molecule has 0 aliphatic heterocycles. The van der Waals surface area contributed by atoms with Crippen molar-refractivity contribution >= 4 is 11.6 Å². The molecule has 3 aromatic rings. The van der Waals surface area contributed by atoms with E-state index in [0.717, 1.165) is 0 Å². The van der Waals surface area contributed by atoms with Crippen LogP contribution in [-0.2, 0) is 6.18 Å². The summed E-state index contributed by atoms with van der Waals surface area (Å²) < 4.78 is 38.6. The average Bonchev–Trinajstić information content (AvgIpc) is 2.98. The zero-order valence-electron chi connectivity index (χ0n) is 12.9. The minimum atomic E-state index is -4.55. The highest BCUT2D eigenvalue weighted by molar-refractivity contribution is 6.02. The number of anilines is 1. The van der Waals surface area contributed by atoms with Crippen LogP contribution < -0.4 is 5.32 Å². The second kappa shape index (κ2) is 6.34. The molecule has 2 aromatic heterocycles. The van der Waals surface area contributed by atoms with Gasteiger partial charge in [0.15, 0.2) is 0 Å². The highest BCUT2D eigenvalue weighted by atomic mass is 19.4. The number of halogens is 3. The van der Waals surface area contributed by atoms with Gasteiger partial charge in [-0.25, -0.2) is 4.98 Å². The van der Waals surface area contributed by atoms with Gasteiger partial charge in [0.2, 0.25) is 0 Å². The maximum atomic E-state index is 12.9. The first-order valence-electron chi connectivity index (χ1n) is 7.17. The maximum absolute atomic E-state index is 12.9. The lowest BCUT2D eigenvalue weighted by Crippen LogP contribution is -2.14. The van der Waals surface area contributed by atoms with Crippen LogP contribution in [0.15, 0.2) is 42.7 Å². The van der Waals surface area contributed by atoms with Crippen LogP contribution in [0.5, 0.6) is 0 Å². The van der Waals surface area contributed by atoms with E-state index in [1.807, 2.05) is 5.10 Å². The monoisotopic (exact) mass is 347 g/mol. The zero-order chi connectivity index (χ0) is 18.0. The summed E-state index contributed by atoms with van der Waals surface area (Å²) in [5.41, 5.74) is -0.461. The summed E-state index contributed by atoms with van der Waals surface area (Å²) in [4.78, 5) is 20.2. The van der Waals surface area contributed by atoms with Gasteiger partial charge in [0.25, 0.3) is 5.91 Å². The fraction of sp³-hybridized carbons (Fsp3) is 0.125. The third-order valence-electron chi connectivity index (χ3n) is 3.43. The highest BCUT2D eigenvalue weighted by Gasteiger charge is 2.36. The predicted octanol–water partition coefficient (Wildman–Crippen LogP) is 3.45. The van der Waals surface area contributed by atoms with E-state index in [2.05, 4.69) is 20.4 Å². The summed E-state index contributed by atoms with van der Waals surface area (Å²) in [6.45, 7) is 1.28. The molecule has 25 heavy (non-hydrogen) atoms. The van der Waals surface area contributed by atoms with E-state index in [9.17, 15) is 18.0 Å². The summed E-state index contributed by atoms with van der Waals surface area (Å²) >= 11 is 0. The van der Waals surface area contributed by atoms with Gasteiger partial charge in [-0.15, -0.1) is 0 Å². The second-order valence-electron chi connectivity index (χ2n) is 5.18. The first-order valence-corrected chi connectivity index (χ1v) is 7.17. The molecule has 2 N–H and O–H groups in total. The standard InChI is InChI=1S/C16H12F3N5O/c1-9-13(23-24-14(9)16(17,18)19)11-7-20-8-12(22-11)15(25)21-10-5-3-2-4-6-10/h2-8H,1H3,(H,21,25)(H,23,24). The van der Waals surface area contributed by atoms with Crippen LogP contribution >= 0.6 is 0 Å². The molecular weight excluding hydrogens is 335 g/mol. The molecule has 1 amide bonds. The van der Waals surface area contributed by atoms with E-state index in [0.29, 0.717) is 5.69 Å². The molecule has 9 heteroatoms. The molecule has 0 radical (unpaired) electrons. The molecule has 0 bridgehead atoms. The van der Waals surface area contributed by atoms with Crippen LogP contribution in [0, 0.1) is 6.92 Å². The normalized spacial score (nSPS) is 11.4. The number of carbonyl (C=O) groups is 1. The van der Waals surface area contributed by atoms with Crippen LogP contribution in [0.3, 0.4) is 0 Å². The van der Waals surface area contributed by atoms with Crippen LogP contribution in [-0.4, -0.2) is 26.1 Å². The number of hydrogen-bond acceptors (Lipinski definition) is 4. The van der Waals surface area contributed by atoms with Gasteiger partial charge in [0.05, 0.1) is 12.4 Å². The lowest BCUT2D eigenvalue weighted by molar-refractivity contribution is -0.141. The van der Waals surface area contributed by atoms with Gasteiger partial charge in [-0.05, 0) is 19.1 Å². The van der Waals surface area contributed by atoms with Gasteiger partial charge in [-0.3, -0.25) is 14.9 Å². The Kier molecular flexibility index (Phi) is 4.22. The molecule has 0 atom stereocenters. The molecule has 6 nitrogen and oxygen atoms in total. The molecule has 0 aliphatic carbocycles. The largest absolute Gasteiger partial charge is 0.433 e. The predicted molar refractivity (Wildman–Crippen MR) is 83.7 cm³/mol. The molecule has 2 heterocycles. The number of nitrogens with one attached hydrogen (secondary N) is 2. The van der Waals surface area contributed by atoms with Gasteiger partial charge < -0.3 is 5.32 Å². The Morgan fingerprint density at radius 1 is 1.16 bits per heavy atom. The molecule has 0 saturated heterocycles. The van der Waals surface area contributed by atoms with E-state index in [4.69, 9.17) is 0 Å². The van der Waals surface area contributed by atoms with E-state index in [1.165, 1.54) is 19.3 Å². The fourth-order valence-electron chi connectivity index (χ4n) is 2.23. The van der Waals surface area contributed by atoms with Crippen molar-refractivity contribution in [2.75, 3.05) is 5.32 Å². The lowest BCUT2D eigenvalue weighted by atomic mass is 10.1. The minimum Gasteiger partial charge on any atom is -0.321 e. The Bertz CT molecular complexity index is 906. The van der Waals surface area contributed by atoms with Gasteiger partial charge in [0, 0.05) is 11.3 Å². The number of benzene rings is 1. The van der Waals surface area contributed by atoms with Crippen LogP contribution in [0.1, 0.15) is 21.7 Å². The molecule has 0 saturated carbocycles. The molecule has 0 fully saturated rings. The molecular formula is C16H12F3N5O. The third-order valence-corrected chi connectivity index (χ3v) is 3.43. The summed E-state index contributed by atoms with van der Waals surface area (Å²) in [7, 11) is 0. The van der Waals surface area contributed by atoms with Crippen molar-refractivity contribution in [3.05, 3.63) is 59.7 Å².